The van der Waals surface area contributed by atoms with Crippen molar-refractivity contribution in [3.63, 3.8) is 0 Å². The first-order valence-corrected chi connectivity index (χ1v) is 26.0. The number of aliphatic hydroxyl groups excluding tert-OH is 7. The lowest BCUT2D eigenvalue weighted by molar-refractivity contribution is -0.380. The third-order valence-electron chi connectivity index (χ3n) is 19.0. The van der Waals surface area contributed by atoms with E-state index >= 15 is 0 Å². The normalized spacial score (nSPS) is 50.2. The molecule has 8 fully saturated rings. The highest BCUT2D eigenvalue weighted by atomic mass is 19.4. The van der Waals surface area contributed by atoms with E-state index in [2.05, 4.69) is 33.8 Å². The number of esters is 1. The van der Waals surface area contributed by atoms with Gasteiger partial charge in [0.2, 0.25) is 0 Å². The van der Waals surface area contributed by atoms with Crippen molar-refractivity contribution in [3.8, 4) is 0 Å². The predicted octanol–water partition coefficient (Wildman–Crippen LogP) is 3.74. The molecule has 25 unspecified atom stereocenters. The number of halogens is 3. The summed E-state index contributed by atoms with van der Waals surface area (Å²) in [6.07, 6.45) is -16.0. The van der Waals surface area contributed by atoms with Crippen LogP contribution < -0.4 is 0 Å². The zero-order valence-electron chi connectivity index (χ0n) is 41.4. The van der Waals surface area contributed by atoms with Crippen LogP contribution in [0.4, 0.5) is 13.2 Å². The van der Waals surface area contributed by atoms with Gasteiger partial charge < -0.3 is 78.4 Å². The zero-order valence-corrected chi connectivity index (χ0v) is 41.4. The van der Waals surface area contributed by atoms with Crippen LogP contribution in [0.25, 0.3) is 0 Å². The number of carbonyl (C=O) groups is 1. The molecule has 3 saturated carbocycles. The third-order valence-corrected chi connectivity index (χ3v) is 19.0. The maximum Gasteiger partial charge on any atom is 0.416 e. The molecule has 1 aromatic rings. The summed E-state index contributed by atoms with van der Waals surface area (Å²) in [7, 11) is 0. The number of benzene rings is 1. The van der Waals surface area contributed by atoms with Gasteiger partial charge in [0.1, 0.15) is 67.6 Å². The van der Waals surface area contributed by atoms with Crippen LogP contribution in [0.1, 0.15) is 108 Å². The van der Waals surface area contributed by atoms with Crippen LogP contribution >= 0.6 is 0 Å². The van der Waals surface area contributed by atoms with Crippen LogP contribution in [0.15, 0.2) is 35.9 Å². The molecule has 0 radical (unpaired) electrons. The van der Waals surface area contributed by atoms with Gasteiger partial charge in [-0.05, 0) is 123 Å². The van der Waals surface area contributed by atoms with E-state index in [1.807, 2.05) is 0 Å². The summed E-state index contributed by atoms with van der Waals surface area (Å²) in [5.41, 5.74) is 0.200. The molecule has 10 rings (SSSR count). The molecule has 9 aliphatic rings. The van der Waals surface area contributed by atoms with Crippen LogP contribution in [-0.4, -0.2) is 166 Å². The second-order valence-electron chi connectivity index (χ2n) is 23.1. The van der Waals surface area contributed by atoms with Gasteiger partial charge in [0, 0.05) is 12.3 Å². The Balaban J connectivity index is 0.821. The van der Waals surface area contributed by atoms with Crippen molar-refractivity contribution in [1.29, 1.82) is 0 Å². The lowest BCUT2D eigenvalue weighted by Crippen LogP contribution is -2.65. The van der Waals surface area contributed by atoms with Gasteiger partial charge in [-0.1, -0.05) is 39.3 Å². The average Bonchev–Trinajstić information content (AvgIpc) is 3.91. The standard InChI is InChI=1S/C52H73F3O17/c1-23-12-17-51(65-21-23)24(2)36-33(72-51)19-32-30-11-10-28-18-29(13-15-49(28,4)31(30)14-16-50(32,36)5)67-48-44(71-46-41(61)39(59)37(57)25(3)66-46)42(62)43(34(20-56)68-48)70-47-40(60)38(58)35(69-47)22-64-45(63)26-6-8-27(9-7-26)52(53,54)55/h6-10,23-25,29-44,46-48,56-62H,11-22H2,1-5H3. The number of hydrogen-bond donors (Lipinski definition) is 7. The van der Waals surface area contributed by atoms with E-state index in [0.717, 1.165) is 63.7 Å². The quantitative estimate of drug-likeness (QED) is 0.131. The van der Waals surface area contributed by atoms with E-state index in [4.69, 9.17) is 42.6 Å². The molecule has 1 aromatic carbocycles. The summed E-state index contributed by atoms with van der Waals surface area (Å²) in [4.78, 5) is 12.7. The maximum atomic E-state index is 13.1. The van der Waals surface area contributed by atoms with Gasteiger partial charge in [-0.2, -0.15) is 13.2 Å². The van der Waals surface area contributed by atoms with Gasteiger partial charge in [-0.25, -0.2) is 4.79 Å². The second kappa shape index (κ2) is 19.9. The summed E-state index contributed by atoms with van der Waals surface area (Å²) in [5, 5.41) is 76.9. The minimum atomic E-state index is -4.62. The Morgan fingerprint density at radius 1 is 0.764 bits per heavy atom. The fraction of sp³-hybridized carbons (Fsp3) is 0.827. The lowest BCUT2D eigenvalue weighted by Gasteiger charge is -2.58. The van der Waals surface area contributed by atoms with Crippen LogP contribution in [-0.2, 0) is 48.8 Å². The molecule has 72 heavy (non-hydrogen) atoms. The molecular weight excluding hydrogens is 954 g/mol. The number of alkyl halides is 3. The van der Waals surface area contributed by atoms with Crippen molar-refractivity contribution in [3.05, 3.63) is 47.0 Å². The Labute approximate surface area is 417 Å². The van der Waals surface area contributed by atoms with E-state index in [1.165, 1.54) is 12.5 Å². The molecular formula is C52H73F3O17. The van der Waals surface area contributed by atoms with Crippen molar-refractivity contribution in [1.82, 2.24) is 0 Å². The molecule has 0 bridgehead atoms. The smallest absolute Gasteiger partial charge is 0.416 e. The monoisotopic (exact) mass is 1030 g/mol. The van der Waals surface area contributed by atoms with E-state index in [1.54, 1.807) is 0 Å². The fourth-order valence-electron chi connectivity index (χ4n) is 14.9. The number of carbonyl (C=O) groups excluding carboxylic acids is 1. The summed E-state index contributed by atoms with van der Waals surface area (Å²) >= 11 is 0. The highest BCUT2D eigenvalue weighted by Crippen LogP contribution is 2.71. The number of fused-ring (bicyclic) bond motifs is 7. The Kier molecular flexibility index (Phi) is 14.6. The first kappa shape index (κ1) is 53.0. The summed E-state index contributed by atoms with van der Waals surface area (Å²) < 4.78 is 94.7. The number of hydrogen-bond acceptors (Lipinski definition) is 17. The molecule has 5 aliphatic heterocycles. The molecule has 4 aliphatic carbocycles. The molecule has 1 spiro atoms. The second-order valence-corrected chi connectivity index (χ2v) is 23.1. The first-order valence-electron chi connectivity index (χ1n) is 26.0. The van der Waals surface area contributed by atoms with Gasteiger partial charge >= 0.3 is 12.1 Å². The summed E-state index contributed by atoms with van der Waals surface area (Å²) in [6, 6.07) is 3.30. The lowest BCUT2D eigenvalue weighted by atomic mass is 9.47. The van der Waals surface area contributed by atoms with Crippen LogP contribution in [0.3, 0.4) is 0 Å². The number of rotatable bonds is 10. The van der Waals surface area contributed by atoms with E-state index < -0.39 is 129 Å². The molecule has 5 saturated heterocycles. The topological polar surface area (TPSA) is 242 Å². The molecule has 0 aromatic heterocycles. The van der Waals surface area contributed by atoms with Gasteiger partial charge in [0.15, 0.2) is 24.7 Å². The van der Waals surface area contributed by atoms with Gasteiger partial charge in [0.05, 0.1) is 42.7 Å². The first-order chi connectivity index (χ1) is 34.1. The molecule has 0 amide bonds. The predicted molar refractivity (Wildman–Crippen MR) is 243 cm³/mol. The van der Waals surface area contributed by atoms with Crippen LogP contribution in [0.5, 0.6) is 0 Å². The molecule has 25 atom stereocenters. The van der Waals surface area contributed by atoms with E-state index in [-0.39, 0.29) is 22.5 Å². The highest BCUT2D eigenvalue weighted by molar-refractivity contribution is 5.89. The zero-order chi connectivity index (χ0) is 51.4. The number of aliphatic hydroxyl groups is 7. The average molecular weight is 1030 g/mol. The molecule has 7 N–H and O–H groups in total. The molecule has 20 heteroatoms. The van der Waals surface area contributed by atoms with Crippen molar-refractivity contribution in [2.24, 2.45) is 46.3 Å². The maximum absolute atomic E-state index is 13.1. The van der Waals surface area contributed by atoms with E-state index in [0.29, 0.717) is 60.5 Å². The summed E-state index contributed by atoms with van der Waals surface area (Å²) in [5.74, 6) is 1.33. The number of allylic oxidation sites excluding steroid dienone is 1. The van der Waals surface area contributed by atoms with Crippen molar-refractivity contribution < 1.29 is 96.3 Å². The Morgan fingerprint density at radius 3 is 2.15 bits per heavy atom. The van der Waals surface area contributed by atoms with Crippen LogP contribution in [0.2, 0.25) is 0 Å². The Morgan fingerprint density at radius 2 is 1.46 bits per heavy atom. The van der Waals surface area contributed by atoms with Crippen molar-refractivity contribution in [2.75, 3.05) is 19.8 Å². The Bertz CT molecular complexity index is 2120. The Hall–Kier alpha value is -2.38. The fourth-order valence-corrected chi connectivity index (χ4v) is 14.9. The van der Waals surface area contributed by atoms with Crippen molar-refractivity contribution >= 4 is 5.97 Å². The largest absolute Gasteiger partial charge is 0.459 e. The van der Waals surface area contributed by atoms with Gasteiger partial charge in [0.25, 0.3) is 0 Å². The molecule has 5 heterocycles. The molecule has 404 valence electrons. The van der Waals surface area contributed by atoms with Crippen molar-refractivity contribution in [2.45, 2.75) is 203 Å². The minimum Gasteiger partial charge on any atom is -0.459 e. The van der Waals surface area contributed by atoms with Gasteiger partial charge in [-0.3, -0.25) is 0 Å². The SMILES string of the molecule is CC1CCC2(OC1)OC1CC3C4CC=C5CC(OC6OC(CO)C(OC7OC(COC(=O)c8ccc(C(F)(F)F)cc8)C(O)C7O)C(O)C6OC6OC(C)C(O)C(O)C6O)CCC5(C)C4CCC3(C)C1C2C. The minimum absolute atomic E-state index is 0.0776. The highest BCUT2D eigenvalue weighted by Gasteiger charge is 2.69. The number of ether oxygens (including phenoxy) is 9. The van der Waals surface area contributed by atoms with Gasteiger partial charge in [-0.15, -0.1) is 0 Å². The third kappa shape index (κ3) is 9.20. The van der Waals surface area contributed by atoms with Crippen LogP contribution in [0, 0.1) is 46.3 Å². The summed E-state index contributed by atoms with van der Waals surface area (Å²) in [6.45, 7) is 10.3. The molecule has 17 nitrogen and oxygen atoms in total. The van der Waals surface area contributed by atoms with E-state index in [9.17, 15) is 53.7 Å².